The summed E-state index contributed by atoms with van der Waals surface area (Å²) in [5.74, 6) is -1.65. The number of carbonyl (C=O) groups is 3. The van der Waals surface area contributed by atoms with Gasteiger partial charge in [-0.05, 0) is 74.8 Å². The Hall–Kier alpha value is -4.87. The molecule has 2 aliphatic rings. The molecule has 0 spiro atoms. The first-order valence-electron chi connectivity index (χ1n) is 19.1. The molecule has 5 rings (SSSR count). The lowest BCUT2D eigenvalue weighted by Gasteiger charge is -2.38. The quantitative estimate of drug-likeness (QED) is 0.125. The SMILES string of the molecule is CC1C=C(NC(=O)c2cccc(CN(C)CCOCCOCCOCCC(=O)O)c2)C(C(=O)Nc2ccn(-c3cccc(C(F)(F)F)c3)n2)=CC1N1CCCCC1. The van der Waals surface area contributed by atoms with Gasteiger partial charge in [-0.25, -0.2) is 4.68 Å². The van der Waals surface area contributed by atoms with Gasteiger partial charge < -0.3 is 30.0 Å². The van der Waals surface area contributed by atoms with Crippen LogP contribution in [-0.2, 0) is 36.5 Å². The Kier molecular flexibility index (Phi) is 16.0. The summed E-state index contributed by atoms with van der Waals surface area (Å²) in [6.07, 6.45) is 3.98. The van der Waals surface area contributed by atoms with E-state index in [4.69, 9.17) is 19.3 Å². The molecule has 2 amide bonds. The summed E-state index contributed by atoms with van der Waals surface area (Å²) < 4.78 is 57.6. The van der Waals surface area contributed by atoms with E-state index < -0.39 is 23.6 Å². The Morgan fingerprint density at radius 2 is 1.58 bits per heavy atom. The Morgan fingerprint density at radius 1 is 0.877 bits per heavy atom. The highest BCUT2D eigenvalue weighted by Gasteiger charge is 2.32. The molecule has 1 aliphatic carbocycles. The molecule has 1 saturated heterocycles. The van der Waals surface area contributed by atoms with Gasteiger partial charge in [-0.2, -0.15) is 18.3 Å². The van der Waals surface area contributed by atoms with Crippen LogP contribution in [0.15, 0.2) is 84.2 Å². The van der Waals surface area contributed by atoms with Gasteiger partial charge in [0.25, 0.3) is 11.8 Å². The van der Waals surface area contributed by atoms with Crippen molar-refractivity contribution >= 4 is 23.6 Å². The summed E-state index contributed by atoms with van der Waals surface area (Å²) in [7, 11) is 1.95. The van der Waals surface area contributed by atoms with Crippen LogP contribution in [0.3, 0.4) is 0 Å². The molecular formula is C41H51F3N6O7. The maximum Gasteiger partial charge on any atom is 0.416 e. The number of hydrogen-bond acceptors (Lipinski definition) is 9. The van der Waals surface area contributed by atoms with Gasteiger partial charge in [0, 0.05) is 42.7 Å². The minimum absolute atomic E-state index is 0.00621. The number of benzene rings is 2. The number of halogens is 3. The molecule has 1 aromatic heterocycles. The van der Waals surface area contributed by atoms with Crippen LogP contribution in [-0.4, -0.2) is 115 Å². The number of carboxylic acids is 1. The van der Waals surface area contributed by atoms with Crippen molar-refractivity contribution in [1.82, 2.24) is 24.9 Å². The van der Waals surface area contributed by atoms with E-state index in [0.717, 1.165) is 50.0 Å². The van der Waals surface area contributed by atoms with E-state index in [1.807, 2.05) is 37.4 Å². The van der Waals surface area contributed by atoms with Gasteiger partial charge in [-0.15, -0.1) is 0 Å². The minimum atomic E-state index is -4.51. The van der Waals surface area contributed by atoms with Crippen molar-refractivity contribution in [1.29, 1.82) is 0 Å². The minimum Gasteiger partial charge on any atom is -0.481 e. The number of likely N-dealkylation sites (N-methyl/N-ethyl adjacent to an activating group) is 1. The Balaban J connectivity index is 1.18. The number of carboxylic acid groups (broad SMARTS) is 1. The van der Waals surface area contributed by atoms with Gasteiger partial charge in [0.1, 0.15) is 0 Å². The number of rotatable bonds is 20. The Labute approximate surface area is 330 Å². The normalized spacial score (nSPS) is 17.6. The van der Waals surface area contributed by atoms with E-state index >= 15 is 0 Å². The second-order valence-electron chi connectivity index (χ2n) is 14.1. The highest BCUT2D eigenvalue weighted by atomic mass is 19.4. The summed E-state index contributed by atoms with van der Waals surface area (Å²) in [5, 5.41) is 18.7. The van der Waals surface area contributed by atoms with Crippen LogP contribution in [0.1, 0.15) is 54.1 Å². The topological polar surface area (TPSA) is 147 Å². The number of alkyl halides is 3. The fourth-order valence-corrected chi connectivity index (χ4v) is 6.69. The predicted molar refractivity (Wildman–Crippen MR) is 207 cm³/mol. The van der Waals surface area contributed by atoms with Crippen molar-refractivity contribution in [3.05, 3.63) is 101 Å². The van der Waals surface area contributed by atoms with Gasteiger partial charge in [-0.3, -0.25) is 24.2 Å². The van der Waals surface area contributed by atoms with Gasteiger partial charge in [0.2, 0.25) is 0 Å². The van der Waals surface area contributed by atoms with E-state index in [9.17, 15) is 27.6 Å². The third-order valence-corrected chi connectivity index (χ3v) is 9.63. The van der Waals surface area contributed by atoms with E-state index in [0.29, 0.717) is 57.4 Å². The molecule has 3 N–H and O–H groups in total. The van der Waals surface area contributed by atoms with Crippen molar-refractivity contribution in [2.24, 2.45) is 5.92 Å². The van der Waals surface area contributed by atoms with E-state index in [2.05, 4.69) is 32.5 Å². The average molecular weight is 797 g/mol. The van der Waals surface area contributed by atoms with Gasteiger partial charge in [0.15, 0.2) is 5.82 Å². The van der Waals surface area contributed by atoms with Crippen LogP contribution < -0.4 is 10.6 Å². The van der Waals surface area contributed by atoms with Crippen LogP contribution in [0, 0.1) is 5.92 Å². The number of nitrogens with zero attached hydrogens (tertiary/aromatic N) is 4. The zero-order valence-corrected chi connectivity index (χ0v) is 32.3. The number of aromatic nitrogens is 2. The third kappa shape index (κ3) is 13.4. The highest BCUT2D eigenvalue weighted by molar-refractivity contribution is 6.08. The molecule has 308 valence electrons. The number of piperidine rings is 1. The lowest BCUT2D eigenvalue weighted by atomic mass is 9.88. The van der Waals surface area contributed by atoms with E-state index in [1.165, 1.54) is 29.1 Å². The molecule has 3 aromatic rings. The molecule has 1 aliphatic heterocycles. The molecule has 2 unspecified atom stereocenters. The second kappa shape index (κ2) is 21.0. The second-order valence-corrected chi connectivity index (χ2v) is 14.1. The molecule has 2 aromatic carbocycles. The summed E-state index contributed by atoms with van der Waals surface area (Å²) in [6.45, 7) is 7.15. The predicted octanol–water partition coefficient (Wildman–Crippen LogP) is 5.53. The Bertz CT molecular complexity index is 1870. The fraction of sp³-hybridized carbons (Fsp3) is 0.463. The number of likely N-dealkylation sites (tertiary alicyclic amines) is 1. The van der Waals surface area contributed by atoms with Crippen molar-refractivity contribution in [3.63, 3.8) is 0 Å². The number of anilines is 1. The van der Waals surface area contributed by atoms with Crippen molar-refractivity contribution in [2.45, 2.75) is 51.4 Å². The average Bonchev–Trinajstić information content (AvgIpc) is 3.65. The molecule has 0 saturated carbocycles. The van der Waals surface area contributed by atoms with Crippen LogP contribution in [0.25, 0.3) is 5.69 Å². The van der Waals surface area contributed by atoms with Crippen LogP contribution in [0.5, 0.6) is 0 Å². The lowest BCUT2D eigenvalue weighted by molar-refractivity contribution is -0.139. The van der Waals surface area contributed by atoms with Crippen molar-refractivity contribution < 1.29 is 46.9 Å². The maximum atomic E-state index is 13.9. The summed E-state index contributed by atoms with van der Waals surface area (Å²) in [5.41, 5.74) is 1.36. The molecule has 1 fully saturated rings. The summed E-state index contributed by atoms with van der Waals surface area (Å²) in [4.78, 5) is 42.6. The molecule has 57 heavy (non-hydrogen) atoms. The van der Waals surface area contributed by atoms with Crippen molar-refractivity contribution in [3.8, 4) is 5.69 Å². The number of ether oxygens (including phenoxy) is 3. The maximum absolute atomic E-state index is 13.9. The van der Waals surface area contributed by atoms with Crippen LogP contribution >= 0.6 is 0 Å². The van der Waals surface area contributed by atoms with Crippen LogP contribution in [0.4, 0.5) is 19.0 Å². The zero-order valence-electron chi connectivity index (χ0n) is 32.3. The number of amides is 2. The Morgan fingerprint density at radius 3 is 2.30 bits per heavy atom. The monoisotopic (exact) mass is 796 g/mol. The highest BCUT2D eigenvalue weighted by Crippen LogP contribution is 2.31. The molecule has 2 atom stereocenters. The summed E-state index contributed by atoms with van der Waals surface area (Å²) >= 11 is 0. The van der Waals surface area contributed by atoms with Gasteiger partial charge >= 0.3 is 12.1 Å². The first-order chi connectivity index (χ1) is 27.4. The number of carbonyl (C=O) groups excluding carboxylic acids is 2. The van der Waals surface area contributed by atoms with Crippen molar-refractivity contribution in [2.75, 3.05) is 71.6 Å². The van der Waals surface area contributed by atoms with Crippen LogP contribution in [0.2, 0.25) is 0 Å². The number of hydrogen-bond donors (Lipinski definition) is 3. The van der Waals surface area contributed by atoms with E-state index in [1.54, 1.807) is 6.07 Å². The molecule has 2 heterocycles. The fourth-order valence-electron chi connectivity index (χ4n) is 6.69. The first kappa shape index (κ1) is 43.3. The third-order valence-electron chi connectivity index (χ3n) is 9.63. The zero-order chi connectivity index (χ0) is 40.8. The van der Waals surface area contributed by atoms with Gasteiger partial charge in [-0.1, -0.05) is 43.7 Å². The molecule has 16 heteroatoms. The molecule has 0 bridgehead atoms. The molecule has 0 radical (unpaired) electrons. The van der Waals surface area contributed by atoms with E-state index in [-0.39, 0.29) is 48.0 Å². The first-order valence-corrected chi connectivity index (χ1v) is 19.1. The number of aliphatic carboxylic acids is 1. The number of nitrogens with one attached hydrogen (secondary N) is 2. The summed E-state index contributed by atoms with van der Waals surface area (Å²) in [6, 6.07) is 13.5. The largest absolute Gasteiger partial charge is 0.481 e. The lowest BCUT2D eigenvalue weighted by Crippen LogP contribution is -2.44. The molecule has 13 nitrogen and oxygen atoms in total. The molecular weight excluding hydrogens is 745 g/mol. The van der Waals surface area contributed by atoms with Gasteiger partial charge in [0.05, 0.1) is 62.9 Å². The standard InChI is InChI=1S/C41H51F3N6O7/c1-29-24-35(45-39(53)31-9-6-8-30(25-31)28-48(2)17-19-56-21-23-57-22-20-55-18-13-38(51)52)34(27-36(29)49-14-4-3-5-15-49)40(54)46-37-12-16-50(47-37)33-11-7-10-32(26-33)41(42,43)44/h6-12,16,24-27,29,36H,3-5,13-15,17-23,28H2,1-2H3,(H,45,53)(H,51,52)(H,46,47,54). The smallest absolute Gasteiger partial charge is 0.416 e.